The van der Waals surface area contributed by atoms with E-state index < -0.39 is 10.0 Å². The molecule has 0 N–H and O–H groups in total. The summed E-state index contributed by atoms with van der Waals surface area (Å²) in [5, 5.41) is 1.93. The fourth-order valence-corrected chi connectivity index (χ4v) is 5.63. The zero-order chi connectivity index (χ0) is 22.6. The molecule has 2 aromatic carbocycles. The van der Waals surface area contributed by atoms with E-state index in [0.29, 0.717) is 22.4 Å². The summed E-state index contributed by atoms with van der Waals surface area (Å²) in [6, 6.07) is 17.8. The molecule has 0 saturated heterocycles. The van der Waals surface area contributed by atoms with Crippen molar-refractivity contribution in [2.24, 2.45) is 0 Å². The highest BCUT2D eigenvalue weighted by Crippen LogP contribution is 2.31. The molecule has 10 heteroatoms. The Bertz CT molecular complexity index is 1780. The molecular formula is C23H15ClN6O2S. The quantitative estimate of drug-likeness (QED) is 0.354. The zero-order valence-electron chi connectivity index (χ0n) is 17.0. The van der Waals surface area contributed by atoms with E-state index >= 15 is 0 Å². The van der Waals surface area contributed by atoms with Crippen LogP contribution < -0.4 is 0 Å². The van der Waals surface area contributed by atoms with Gasteiger partial charge in [-0.05, 0) is 24.3 Å². The number of fused-ring (bicyclic) bond motifs is 4. The molecule has 33 heavy (non-hydrogen) atoms. The Morgan fingerprint density at radius 1 is 0.879 bits per heavy atom. The molecule has 0 unspecified atom stereocenters. The molecule has 0 fully saturated rings. The predicted octanol–water partition coefficient (Wildman–Crippen LogP) is 4.27. The maximum atomic E-state index is 13.5. The van der Waals surface area contributed by atoms with Gasteiger partial charge in [0.15, 0.2) is 10.8 Å². The van der Waals surface area contributed by atoms with E-state index in [1.807, 2.05) is 30.3 Å². The van der Waals surface area contributed by atoms with E-state index in [1.165, 1.54) is 10.3 Å². The minimum Gasteiger partial charge on any atom is -0.309 e. The average Bonchev–Trinajstić information content (AvgIpc) is 3.46. The molecule has 4 aromatic heterocycles. The second kappa shape index (κ2) is 7.36. The molecule has 6 aromatic rings. The van der Waals surface area contributed by atoms with Crippen LogP contribution in [0.3, 0.4) is 0 Å². The van der Waals surface area contributed by atoms with Crippen molar-refractivity contribution in [1.29, 1.82) is 0 Å². The number of aromatic nitrogens is 6. The molecule has 0 radical (unpaired) electrons. The van der Waals surface area contributed by atoms with Crippen LogP contribution in [0.15, 0.2) is 84.4 Å². The van der Waals surface area contributed by atoms with Crippen molar-refractivity contribution in [3.8, 4) is 0 Å². The van der Waals surface area contributed by atoms with E-state index in [0.717, 1.165) is 16.3 Å². The third-order valence-corrected chi connectivity index (χ3v) is 7.52. The normalized spacial score (nSPS) is 12.2. The SMILES string of the molecule is O=S(=O)(c1ccccc1)n1ccc2c3ccccc3nc(Cn3cnc4c(Cl)ncnc43)c21. The Labute approximate surface area is 193 Å². The van der Waals surface area contributed by atoms with Gasteiger partial charge in [0.1, 0.15) is 11.8 Å². The number of pyridine rings is 1. The average molecular weight is 475 g/mol. The number of benzene rings is 2. The Kier molecular flexibility index (Phi) is 4.42. The van der Waals surface area contributed by atoms with Crippen molar-refractivity contribution >= 4 is 54.6 Å². The molecule has 8 nitrogen and oxygen atoms in total. The lowest BCUT2D eigenvalue weighted by Crippen LogP contribution is -2.14. The van der Waals surface area contributed by atoms with Crippen LogP contribution >= 0.6 is 11.6 Å². The highest BCUT2D eigenvalue weighted by Gasteiger charge is 2.23. The van der Waals surface area contributed by atoms with Crippen LogP contribution in [-0.4, -0.2) is 36.9 Å². The van der Waals surface area contributed by atoms with Gasteiger partial charge in [0.05, 0.1) is 34.5 Å². The van der Waals surface area contributed by atoms with Gasteiger partial charge in [-0.15, -0.1) is 0 Å². The van der Waals surface area contributed by atoms with Crippen LogP contribution in [0.25, 0.3) is 33.0 Å². The van der Waals surface area contributed by atoms with Gasteiger partial charge in [-0.3, -0.25) is 0 Å². The lowest BCUT2D eigenvalue weighted by Gasteiger charge is -2.13. The summed E-state index contributed by atoms with van der Waals surface area (Å²) >= 11 is 6.16. The molecule has 0 bridgehead atoms. The minimum absolute atomic E-state index is 0.203. The summed E-state index contributed by atoms with van der Waals surface area (Å²) in [7, 11) is -3.84. The van der Waals surface area contributed by atoms with Gasteiger partial charge in [0.2, 0.25) is 0 Å². The summed E-state index contributed by atoms with van der Waals surface area (Å²) in [6.07, 6.45) is 4.55. The van der Waals surface area contributed by atoms with Crippen LogP contribution in [0.2, 0.25) is 5.15 Å². The highest BCUT2D eigenvalue weighted by atomic mass is 35.5. The summed E-state index contributed by atoms with van der Waals surface area (Å²) in [4.78, 5) is 17.6. The Hall–Kier alpha value is -3.82. The molecular weight excluding hydrogens is 460 g/mol. The van der Waals surface area contributed by atoms with Gasteiger partial charge in [0, 0.05) is 17.0 Å². The van der Waals surface area contributed by atoms with Crippen LogP contribution in [0.4, 0.5) is 0 Å². The maximum absolute atomic E-state index is 13.5. The monoisotopic (exact) mass is 474 g/mol. The van der Waals surface area contributed by atoms with Crippen molar-refractivity contribution in [2.75, 3.05) is 0 Å². The summed E-state index contributed by atoms with van der Waals surface area (Å²) in [6.45, 7) is 0.250. The Morgan fingerprint density at radius 3 is 2.52 bits per heavy atom. The number of nitrogens with zero attached hydrogens (tertiary/aromatic N) is 6. The van der Waals surface area contributed by atoms with Gasteiger partial charge >= 0.3 is 0 Å². The third-order valence-electron chi connectivity index (χ3n) is 5.55. The molecule has 6 rings (SSSR count). The van der Waals surface area contributed by atoms with E-state index in [-0.39, 0.29) is 16.6 Å². The first-order valence-corrected chi connectivity index (χ1v) is 11.9. The molecule has 0 aliphatic rings. The van der Waals surface area contributed by atoms with Crippen molar-refractivity contribution in [3.63, 3.8) is 0 Å². The van der Waals surface area contributed by atoms with Crippen LogP contribution in [0.1, 0.15) is 5.69 Å². The third kappa shape index (κ3) is 3.08. The molecule has 0 aliphatic carbocycles. The smallest absolute Gasteiger partial charge is 0.268 e. The molecule has 0 saturated carbocycles. The summed E-state index contributed by atoms with van der Waals surface area (Å²) < 4.78 is 30.2. The van der Waals surface area contributed by atoms with Gasteiger partial charge in [-0.1, -0.05) is 48.0 Å². The van der Waals surface area contributed by atoms with Crippen molar-refractivity contribution in [3.05, 3.63) is 90.4 Å². The first-order valence-electron chi connectivity index (χ1n) is 10.0. The first kappa shape index (κ1) is 19.8. The van der Waals surface area contributed by atoms with Gasteiger partial charge in [0.25, 0.3) is 10.0 Å². The van der Waals surface area contributed by atoms with Crippen molar-refractivity contribution in [1.82, 2.24) is 28.5 Å². The summed E-state index contributed by atoms with van der Waals surface area (Å²) in [5.74, 6) is 0. The number of hydrogen-bond donors (Lipinski definition) is 0. The lowest BCUT2D eigenvalue weighted by atomic mass is 10.1. The number of imidazole rings is 1. The van der Waals surface area contributed by atoms with Crippen LogP contribution in [0.5, 0.6) is 0 Å². The second-order valence-corrected chi connectivity index (χ2v) is 9.65. The van der Waals surface area contributed by atoms with E-state index in [9.17, 15) is 8.42 Å². The number of halogens is 1. The molecule has 0 aliphatic heterocycles. The minimum atomic E-state index is -3.84. The van der Waals surface area contributed by atoms with Gasteiger partial charge < -0.3 is 4.57 Å². The highest BCUT2D eigenvalue weighted by molar-refractivity contribution is 7.90. The second-order valence-electron chi connectivity index (χ2n) is 7.48. The molecule has 0 amide bonds. The zero-order valence-corrected chi connectivity index (χ0v) is 18.6. The van der Waals surface area contributed by atoms with Crippen LogP contribution in [-0.2, 0) is 16.6 Å². The lowest BCUT2D eigenvalue weighted by molar-refractivity contribution is 0.589. The predicted molar refractivity (Wildman–Crippen MR) is 126 cm³/mol. The van der Waals surface area contributed by atoms with E-state index in [4.69, 9.17) is 16.6 Å². The standard InChI is InChI=1S/C23H15ClN6O2S/c24-22-20-23(26-13-25-22)29(14-27-20)12-19-21-17(16-8-4-5-9-18(16)28-19)10-11-30(21)33(31,32)15-6-2-1-3-7-15/h1-11,13-14H,12H2. The van der Waals surface area contributed by atoms with Crippen molar-refractivity contribution in [2.45, 2.75) is 11.4 Å². The molecule has 0 atom stereocenters. The molecule has 0 spiro atoms. The number of rotatable bonds is 4. The first-order chi connectivity index (χ1) is 16.0. The maximum Gasteiger partial charge on any atom is 0.268 e. The largest absolute Gasteiger partial charge is 0.309 e. The Balaban J connectivity index is 1.63. The van der Waals surface area contributed by atoms with E-state index in [2.05, 4.69) is 15.0 Å². The van der Waals surface area contributed by atoms with E-state index in [1.54, 1.807) is 47.4 Å². The fraction of sp³-hybridized carbons (Fsp3) is 0.0435. The van der Waals surface area contributed by atoms with Gasteiger partial charge in [-0.2, -0.15) is 0 Å². The van der Waals surface area contributed by atoms with Gasteiger partial charge in [-0.25, -0.2) is 32.3 Å². The number of para-hydroxylation sites is 1. The molecule has 162 valence electrons. The van der Waals surface area contributed by atoms with Crippen molar-refractivity contribution < 1.29 is 8.42 Å². The molecule has 4 heterocycles. The van der Waals surface area contributed by atoms with Crippen LogP contribution in [0, 0.1) is 0 Å². The topological polar surface area (TPSA) is 95.6 Å². The number of hydrogen-bond acceptors (Lipinski definition) is 6. The Morgan fingerprint density at radius 2 is 1.67 bits per heavy atom. The summed E-state index contributed by atoms with van der Waals surface area (Å²) in [5.41, 5.74) is 2.87. The fourth-order valence-electron chi connectivity index (χ4n) is 4.06.